The molecular weight excluding hydrogens is 352 g/mol. The van der Waals surface area contributed by atoms with Gasteiger partial charge in [0.15, 0.2) is 0 Å². The van der Waals surface area contributed by atoms with Crippen LogP contribution >= 0.6 is 31.9 Å². The SMILES string of the molecule is CC(C(=O)O)N(C)Cc1cc(Br)cc(Br)c1N. The van der Waals surface area contributed by atoms with Crippen molar-refractivity contribution < 1.29 is 9.90 Å². The van der Waals surface area contributed by atoms with Crippen LogP contribution in [0.15, 0.2) is 21.1 Å². The maximum absolute atomic E-state index is 10.9. The minimum atomic E-state index is -0.847. The fraction of sp³-hybridized carbons (Fsp3) is 0.364. The van der Waals surface area contributed by atoms with Gasteiger partial charge in [0.1, 0.15) is 6.04 Å². The number of hydrogen-bond donors (Lipinski definition) is 2. The van der Waals surface area contributed by atoms with Crippen LogP contribution in [0.1, 0.15) is 12.5 Å². The monoisotopic (exact) mass is 364 g/mol. The molecule has 17 heavy (non-hydrogen) atoms. The molecule has 0 aliphatic heterocycles. The zero-order valence-corrected chi connectivity index (χ0v) is 12.7. The Morgan fingerprint density at radius 3 is 2.65 bits per heavy atom. The van der Waals surface area contributed by atoms with Gasteiger partial charge in [-0.15, -0.1) is 0 Å². The van der Waals surface area contributed by atoms with E-state index >= 15 is 0 Å². The van der Waals surface area contributed by atoms with Gasteiger partial charge >= 0.3 is 5.97 Å². The Labute approximate surface area is 117 Å². The van der Waals surface area contributed by atoms with Crippen molar-refractivity contribution >= 4 is 43.5 Å². The molecule has 0 saturated heterocycles. The lowest BCUT2D eigenvalue weighted by atomic mass is 10.1. The number of rotatable bonds is 4. The summed E-state index contributed by atoms with van der Waals surface area (Å²) >= 11 is 6.75. The van der Waals surface area contributed by atoms with Crippen molar-refractivity contribution in [3.63, 3.8) is 0 Å². The van der Waals surface area contributed by atoms with E-state index < -0.39 is 12.0 Å². The standard InChI is InChI=1S/C11H14Br2N2O2/c1-6(11(16)17)15(2)5-7-3-8(12)4-9(13)10(7)14/h3-4,6H,5,14H2,1-2H3,(H,16,17). The maximum atomic E-state index is 10.9. The summed E-state index contributed by atoms with van der Waals surface area (Å²) in [5, 5.41) is 8.92. The predicted octanol–water partition coefficient (Wildman–Crippen LogP) is 2.70. The molecule has 1 atom stereocenters. The number of nitrogens with zero attached hydrogens (tertiary/aromatic N) is 1. The van der Waals surface area contributed by atoms with Crippen LogP contribution in [0.5, 0.6) is 0 Å². The minimum absolute atomic E-state index is 0.483. The highest BCUT2D eigenvalue weighted by molar-refractivity contribution is 9.11. The fourth-order valence-electron chi connectivity index (χ4n) is 1.36. The first-order valence-electron chi connectivity index (χ1n) is 4.99. The van der Waals surface area contributed by atoms with Gasteiger partial charge in [-0.05, 0) is 47.6 Å². The van der Waals surface area contributed by atoms with Crippen LogP contribution in [-0.2, 0) is 11.3 Å². The largest absolute Gasteiger partial charge is 0.480 e. The molecule has 3 N–H and O–H groups in total. The number of carboxylic acids is 1. The summed E-state index contributed by atoms with van der Waals surface area (Å²) in [4.78, 5) is 12.6. The van der Waals surface area contributed by atoms with E-state index in [1.54, 1.807) is 18.9 Å². The first kappa shape index (κ1) is 14.5. The molecular formula is C11H14Br2N2O2. The highest BCUT2D eigenvalue weighted by atomic mass is 79.9. The minimum Gasteiger partial charge on any atom is -0.480 e. The second kappa shape index (κ2) is 5.84. The van der Waals surface area contributed by atoms with Gasteiger partial charge in [0.25, 0.3) is 0 Å². The van der Waals surface area contributed by atoms with Gasteiger partial charge in [0.2, 0.25) is 0 Å². The number of likely N-dealkylation sites (N-methyl/N-ethyl adjacent to an activating group) is 1. The first-order valence-corrected chi connectivity index (χ1v) is 6.58. The van der Waals surface area contributed by atoms with Gasteiger partial charge in [-0.25, -0.2) is 0 Å². The van der Waals surface area contributed by atoms with Crippen molar-refractivity contribution in [3.05, 3.63) is 26.6 Å². The van der Waals surface area contributed by atoms with Crippen LogP contribution in [0.2, 0.25) is 0 Å². The van der Waals surface area contributed by atoms with Crippen molar-refractivity contribution in [1.82, 2.24) is 4.90 Å². The van der Waals surface area contributed by atoms with Gasteiger partial charge in [-0.1, -0.05) is 15.9 Å². The van der Waals surface area contributed by atoms with Crippen LogP contribution in [-0.4, -0.2) is 29.1 Å². The molecule has 0 bridgehead atoms. The third-order valence-corrected chi connectivity index (χ3v) is 3.73. The first-order chi connectivity index (χ1) is 7.82. The summed E-state index contributed by atoms with van der Waals surface area (Å²) in [6, 6.07) is 3.21. The van der Waals surface area contributed by atoms with Gasteiger partial charge in [-0.2, -0.15) is 0 Å². The molecule has 0 aromatic heterocycles. The highest BCUT2D eigenvalue weighted by Gasteiger charge is 2.18. The molecule has 0 fully saturated rings. The normalized spacial score (nSPS) is 12.8. The van der Waals surface area contributed by atoms with Crippen molar-refractivity contribution in [2.45, 2.75) is 19.5 Å². The number of benzene rings is 1. The molecule has 0 amide bonds. The molecule has 0 aliphatic carbocycles. The molecule has 0 spiro atoms. The van der Waals surface area contributed by atoms with E-state index in [4.69, 9.17) is 10.8 Å². The van der Waals surface area contributed by atoms with E-state index in [1.807, 2.05) is 12.1 Å². The molecule has 1 unspecified atom stereocenters. The Morgan fingerprint density at radius 1 is 1.53 bits per heavy atom. The lowest BCUT2D eigenvalue weighted by Gasteiger charge is -2.22. The Balaban J connectivity index is 2.92. The molecule has 6 heteroatoms. The summed E-state index contributed by atoms with van der Waals surface area (Å²) < 4.78 is 1.71. The maximum Gasteiger partial charge on any atom is 0.320 e. The summed E-state index contributed by atoms with van der Waals surface area (Å²) in [6.45, 7) is 2.13. The van der Waals surface area contributed by atoms with Gasteiger partial charge < -0.3 is 10.8 Å². The number of aliphatic carboxylic acids is 1. The van der Waals surface area contributed by atoms with Crippen molar-refractivity contribution in [2.75, 3.05) is 12.8 Å². The molecule has 0 heterocycles. The van der Waals surface area contributed by atoms with E-state index in [0.717, 1.165) is 14.5 Å². The Morgan fingerprint density at radius 2 is 2.12 bits per heavy atom. The number of nitrogen functional groups attached to an aromatic ring is 1. The molecule has 1 aromatic carbocycles. The molecule has 4 nitrogen and oxygen atoms in total. The molecule has 0 aliphatic rings. The Hall–Kier alpha value is -0.590. The van der Waals surface area contributed by atoms with Crippen LogP contribution in [0.3, 0.4) is 0 Å². The smallest absolute Gasteiger partial charge is 0.320 e. The molecule has 1 aromatic rings. The zero-order chi connectivity index (χ0) is 13.2. The van der Waals surface area contributed by atoms with E-state index in [9.17, 15) is 4.79 Å². The number of hydrogen-bond acceptors (Lipinski definition) is 3. The third kappa shape index (κ3) is 3.69. The predicted molar refractivity (Wildman–Crippen MR) is 74.8 cm³/mol. The van der Waals surface area contributed by atoms with E-state index in [0.29, 0.717) is 12.2 Å². The summed E-state index contributed by atoms with van der Waals surface area (Å²) in [5.74, 6) is -0.847. The lowest BCUT2D eigenvalue weighted by molar-refractivity contribution is -0.142. The van der Waals surface area contributed by atoms with Crippen LogP contribution in [0.25, 0.3) is 0 Å². The second-order valence-electron chi connectivity index (χ2n) is 3.89. The average molecular weight is 366 g/mol. The van der Waals surface area contributed by atoms with Crippen LogP contribution in [0.4, 0.5) is 5.69 Å². The topological polar surface area (TPSA) is 66.6 Å². The Kier molecular flexibility index (Phi) is 4.97. The zero-order valence-electron chi connectivity index (χ0n) is 9.58. The van der Waals surface area contributed by atoms with E-state index in [-0.39, 0.29) is 0 Å². The van der Waals surface area contributed by atoms with Crippen molar-refractivity contribution in [2.24, 2.45) is 0 Å². The second-order valence-corrected chi connectivity index (χ2v) is 5.66. The highest BCUT2D eigenvalue weighted by Crippen LogP contribution is 2.29. The molecule has 0 radical (unpaired) electrons. The summed E-state index contributed by atoms with van der Waals surface area (Å²) in [7, 11) is 1.76. The number of anilines is 1. The molecule has 94 valence electrons. The Bertz CT molecular complexity index is 438. The number of nitrogens with two attached hydrogens (primary N) is 1. The average Bonchev–Trinajstić information content (AvgIpc) is 2.23. The van der Waals surface area contributed by atoms with E-state index in [2.05, 4.69) is 31.9 Å². The van der Waals surface area contributed by atoms with Gasteiger partial charge in [0.05, 0.1) is 5.69 Å². The summed E-state index contributed by atoms with van der Waals surface area (Å²) in [6.07, 6.45) is 0. The van der Waals surface area contributed by atoms with Crippen molar-refractivity contribution in [1.29, 1.82) is 0 Å². The quantitative estimate of drug-likeness (QED) is 0.805. The van der Waals surface area contributed by atoms with Crippen LogP contribution in [0, 0.1) is 0 Å². The molecule has 0 saturated carbocycles. The third-order valence-electron chi connectivity index (χ3n) is 2.62. The number of halogens is 2. The molecule has 1 rings (SSSR count). The van der Waals surface area contributed by atoms with Gasteiger partial charge in [0, 0.05) is 15.5 Å². The van der Waals surface area contributed by atoms with Crippen molar-refractivity contribution in [3.8, 4) is 0 Å². The number of carbonyl (C=O) groups is 1. The number of carboxylic acid groups (broad SMARTS) is 1. The summed E-state index contributed by atoms with van der Waals surface area (Å²) in [5.41, 5.74) is 7.46. The fourth-order valence-corrected chi connectivity index (χ4v) is 2.68. The lowest BCUT2D eigenvalue weighted by Crippen LogP contribution is -2.35. The van der Waals surface area contributed by atoms with E-state index in [1.165, 1.54) is 0 Å². The van der Waals surface area contributed by atoms with Crippen LogP contribution < -0.4 is 5.73 Å². The van der Waals surface area contributed by atoms with Gasteiger partial charge in [-0.3, -0.25) is 9.69 Å².